The third-order valence-corrected chi connectivity index (χ3v) is 4.04. The van der Waals surface area contributed by atoms with Crippen LogP contribution in [0.4, 0.5) is 0 Å². The van der Waals surface area contributed by atoms with E-state index in [0.717, 1.165) is 22.4 Å². The van der Waals surface area contributed by atoms with Crippen molar-refractivity contribution in [1.29, 1.82) is 0 Å². The van der Waals surface area contributed by atoms with Gasteiger partial charge in [-0.15, -0.1) is 11.8 Å². The molecule has 1 radical (unpaired) electrons. The van der Waals surface area contributed by atoms with Crippen molar-refractivity contribution in [1.82, 2.24) is 0 Å². The molecule has 4 heteroatoms. The third-order valence-electron chi connectivity index (χ3n) is 3.26. The van der Waals surface area contributed by atoms with Crippen LogP contribution in [-0.4, -0.2) is 25.9 Å². The topological polar surface area (TPSA) is 35.5 Å². The molecule has 0 aliphatic carbocycles. The van der Waals surface area contributed by atoms with Gasteiger partial charge in [0.2, 0.25) is 0 Å². The van der Waals surface area contributed by atoms with Gasteiger partial charge in [-0.05, 0) is 42.5 Å². The molecule has 0 saturated heterocycles. The molecule has 119 valence electrons. The summed E-state index contributed by atoms with van der Waals surface area (Å²) in [5.41, 5.74) is 2.69. The van der Waals surface area contributed by atoms with Gasteiger partial charge in [-0.25, -0.2) is 4.79 Å². The molecule has 2 aromatic rings. The minimum atomic E-state index is -0.314. The summed E-state index contributed by atoms with van der Waals surface area (Å²) in [6.45, 7) is 2.15. The lowest BCUT2D eigenvalue weighted by Gasteiger charge is -2.14. The number of carbonyl (C=O) groups excluding carboxylic acids is 1. The molecule has 0 spiro atoms. The number of hydrogen-bond donors (Lipinski definition) is 0. The maximum atomic E-state index is 12.4. The second-order valence-electron chi connectivity index (χ2n) is 4.65. The molecule has 0 aliphatic heterocycles. The number of thioether (sulfide) groups is 1. The molecular weight excluding hydrogens is 308 g/mol. The summed E-state index contributed by atoms with van der Waals surface area (Å²) in [4.78, 5) is 13.0. The van der Waals surface area contributed by atoms with Crippen LogP contribution in [0.1, 0.15) is 18.1 Å². The summed E-state index contributed by atoms with van der Waals surface area (Å²) in [5, 5.41) is 0. The summed E-state index contributed by atoms with van der Waals surface area (Å²) in [6, 6.07) is 18.2. The predicted molar refractivity (Wildman–Crippen MR) is 94.4 cm³/mol. The maximum Gasteiger partial charge on any atom is 0.345 e. The Labute approximate surface area is 141 Å². The highest BCUT2D eigenvalue weighted by Crippen LogP contribution is 2.33. The Hall–Kier alpha value is -2.20. The Morgan fingerprint density at radius 2 is 1.91 bits per heavy atom. The van der Waals surface area contributed by atoms with Crippen molar-refractivity contribution in [2.75, 3.05) is 20.0 Å². The van der Waals surface area contributed by atoms with Gasteiger partial charge in [0.25, 0.3) is 0 Å². The van der Waals surface area contributed by atoms with E-state index in [4.69, 9.17) is 9.47 Å². The van der Waals surface area contributed by atoms with E-state index in [0.29, 0.717) is 11.5 Å². The van der Waals surface area contributed by atoms with E-state index in [1.807, 2.05) is 54.8 Å². The first-order valence-corrected chi connectivity index (χ1v) is 8.50. The molecule has 0 atom stereocenters. The first-order chi connectivity index (χ1) is 11.2. The van der Waals surface area contributed by atoms with Crippen LogP contribution in [0.15, 0.2) is 53.4 Å². The number of hydrogen-bond acceptors (Lipinski definition) is 4. The van der Waals surface area contributed by atoms with E-state index in [9.17, 15) is 4.79 Å². The van der Waals surface area contributed by atoms with Crippen molar-refractivity contribution < 1.29 is 14.3 Å². The fourth-order valence-corrected chi connectivity index (χ4v) is 2.91. The zero-order chi connectivity index (χ0) is 16.7. The molecule has 0 unspecified atom stereocenters. The Bertz CT molecular complexity index is 693. The molecule has 0 heterocycles. The van der Waals surface area contributed by atoms with E-state index >= 15 is 0 Å². The van der Waals surface area contributed by atoms with Gasteiger partial charge < -0.3 is 9.47 Å². The minimum absolute atomic E-state index is 0.314. The zero-order valence-electron chi connectivity index (χ0n) is 13.5. The van der Waals surface area contributed by atoms with Crippen LogP contribution in [0.5, 0.6) is 5.75 Å². The first-order valence-electron chi connectivity index (χ1n) is 7.27. The smallest absolute Gasteiger partial charge is 0.345 e. The predicted octanol–water partition coefficient (Wildman–Crippen LogP) is 4.18. The van der Waals surface area contributed by atoms with Crippen LogP contribution < -0.4 is 4.74 Å². The highest BCUT2D eigenvalue weighted by atomic mass is 32.2. The second-order valence-corrected chi connectivity index (χ2v) is 5.47. The number of carbonyl (C=O) groups is 1. The van der Waals surface area contributed by atoms with E-state index in [-0.39, 0.29) is 5.97 Å². The third kappa shape index (κ3) is 4.17. The Morgan fingerprint density at radius 1 is 1.17 bits per heavy atom. The van der Waals surface area contributed by atoms with Crippen molar-refractivity contribution in [3.05, 3.63) is 70.6 Å². The lowest BCUT2D eigenvalue weighted by atomic mass is 9.97. The summed E-state index contributed by atoms with van der Waals surface area (Å²) in [6.07, 6.45) is 1.88. The molecule has 23 heavy (non-hydrogen) atoms. The van der Waals surface area contributed by atoms with Crippen LogP contribution in [0, 0.1) is 6.07 Å². The van der Waals surface area contributed by atoms with Crippen molar-refractivity contribution in [3.63, 3.8) is 0 Å². The van der Waals surface area contributed by atoms with Crippen molar-refractivity contribution in [2.45, 2.75) is 6.92 Å². The summed E-state index contributed by atoms with van der Waals surface area (Å²) in [7, 11) is 1.63. The van der Waals surface area contributed by atoms with Gasteiger partial charge in [0.05, 0.1) is 13.7 Å². The molecule has 2 aromatic carbocycles. The Kier molecular flexibility index (Phi) is 6.29. The average Bonchev–Trinajstić information content (AvgIpc) is 2.60. The largest absolute Gasteiger partial charge is 0.497 e. The monoisotopic (exact) mass is 327 g/mol. The maximum absolute atomic E-state index is 12.4. The number of benzene rings is 2. The van der Waals surface area contributed by atoms with Crippen molar-refractivity contribution in [2.24, 2.45) is 0 Å². The van der Waals surface area contributed by atoms with Gasteiger partial charge in [-0.2, -0.15) is 0 Å². The molecular formula is C19H19O3S. The number of methoxy groups -OCH3 is 1. The Balaban J connectivity index is 2.66. The first kappa shape index (κ1) is 17.2. The van der Waals surface area contributed by atoms with Crippen molar-refractivity contribution >= 4 is 23.3 Å². The highest BCUT2D eigenvalue weighted by Gasteiger charge is 2.19. The van der Waals surface area contributed by atoms with Gasteiger partial charge in [0.15, 0.2) is 0 Å². The molecule has 0 aromatic heterocycles. The van der Waals surface area contributed by atoms with Gasteiger partial charge in [-0.3, -0.25) is 0 Å². The second kappa shape index (κ2) is 8.44. The van der Waals surface area contributed by atoms with Gasteiger partial charge in [-0.1, -0.05) is 36.4 Å². The standard InChI is InChI=1S/C19H19O3S/c1-4-22-19(20)18(23-3)17(14-9-6-5-7-10-14)15-11-8-12-16(13-15)21-2/h6-13H,4H2,1-3H3. The average molecular weight is 327 g/mol. The van der Waals surface area contributed by atoms with Crippen LogP contribution in [0.25, 0.3) is 5.57 Å². The molecule has 0 fully saturated rings. The lowest BCUT2D eigenvalue weighted by molar-refractivity contribution is -0.137. The van der Waals surface area contributed by atoms with Gasteiger partial charge in [0.1, 0.15) is 10.7 Å². The van der Waals surface area contributed by atoms with Crippen LogP contribution in [-0.2, 0) is 9.53 Å². The van der Waals surface area contributed by atoms with Gasteiger partial charge in [0, 0.05) is 5.57 Å². The van der Waals surface area contributed by atoms with E-state index in [1.165, 1.54) is 11.8 Å². The molecule has 0 saturated carbocycles. The Morgan fingerprint density at radius 3 is 2.52 bits per heavy atom. The van der Waals surface area contributed by atoms with E-state index in [1.54, 1.807) is 14.0 Å². The highest BCUT2D eigenvalue weighted by molar-refractivity contribution is 8.03. The summed E-state index contributed by atoms with van der Waals surface area (Å²) >= 11 is 1.38. The normalized spacial score (nSPS) is 11.6. The molecule has 0 aliphatic rings. The van der Waals surface area contributed by atoms with E-state index < -0.39 is 0 Å². The number of ether oxygens (including phenoxy) is 2. The fourth-order valence-electron chi connectivity index (χ4n) is 2.25. The van der Waals surface area contributed by atoms with E-state index in [2.05, 4.69) is 6.07 Å². The molecule has 2 rings (SSSR count). The van der Waals surface area contributed by atoms with Crippen LogP contribution >= 0.6 is 11.8 Å². The van der Waals surface area contributed by atoms with Crippen LogP contribution in [0.2, 0.25) is 0 Å². The minimum Gasteiger partial charge on any atom is -0.497 e. The molecule has 0 N–H and O–H groups in total. The number of rotatable bonds is 6. The van der Waals surface area contributed by atoms with Gasteiger partial charge >= 0.3 is 5.97 Å². The fraction of sp³-hybridized carbons (Fsp3) is 0.211. The zero-order valence-corrected chi connectivity index (χ0v) is 14.3. The quantitative estimate of drug-likeness (QED) is 0.589. The molecule has 0 bridgehead atoms. The SMILES string of the molecule is CCOC(=O)C(SC)=C(c1cc[c]cc1)c1cccc(OC)c1. The molecule has 0 amide bonds. The lowest BCUT2D eigenvalue weighted by Crippen LogP contribution is -2.08. The molecule has 3 nitrogen and oxygen atoms in total. The van der Waals surface area contributed by atoms with Crippen molar-refractivity contribution in [3.8, 4) is 5.75 Å². The summed E-state index contributed by atoms with van der Waals surface area (Å²) < 4.78 is 10.5. The van der Waals surface area contributed by atoms with Crippen LogP contribution in [0.3, 0.4) is 0 Å². The number of esters is 1. The summed E-state index contributed by atoms with van der Waals surface area (Å²) in [5.74, 6) is 0.428.